The molecule has 6 heteroatoms. The fourth-order valence-corrected chi connectivity index (χ4v) is 2.68. The predicted octanol–water partition coefficient (Wildman–Crippen LogP) is 2.62. The number of nitrogens with zero attached hydrogens (tertiary/aromatic N) is 3. The van der Waals surface area contributed by atoms with Crippen LogP contribution in [0.15, 0.2) is 41.1 Å². The van der Waals surface area contributed by atoms with Crippen molar-refractivity contribution in [3.8, 4) is 0 Å². The Hall–Kier alpha value is -2.50. The highest BCUT2D eigenvalue weighted by Gasteiger charge is 2.13. The molecule has 1 aliphatic rings. The average Bonchev–Trinajstić information content (AvgIpc) is 3.26. The van der Waals surface area contributed by atoms with Gasteiger partial charge in [-0.25, -0.2) is 9.78 Å². The number of amides is 2. The number of nitrogens with one attached hydrogen (secondary N) is 1. The van der Waals surface area contributed by atoms with Gasteiger partial charge in [0.15, 0.2) is 0 Å². The Morgan fingerprint density at radius 1 is 1.35 bits per heavy atom. The van der Waals surface area contributed by atoms with E-state index in [1.807, 2.05) is 30.5 Å². The number of urea groups is 1. The fraction of sp³-hybridized carbons (Fsp3) is 0.412. The van der Waals surface area contributed by atoms with Crippen molar-refractivity contribution in [2.75, 3.05) is 25.0 Å². The number of hydrogen-bond donors (Lipinski definition) is 1. The molecule has 1 saturated heterocycles. The van der Waals surface area contributed by atoms with E-state index in [0.29, 0.717) is 13.1 Å². The molecule has 3 rings (SSSR count). The van der Waals surface area contributed by atoms with Gasteiger partial charge in [0, 0.05) is 32.9 Å². The van der Waals surface area contributed by atoms with Crippen LogP contribution >= 0.6 is 0 Å². The Balaban J connectivity index is 1.48. The third kappa shape index (κ3) is 4.03. The summed E-state index contributed by atoms with van der Waals surface area (Å²) in [5.74, 6) is 1.78. The second-order valence-electron chi connectivity index (χ2n) is 5.81. The van der Waals surface area contributed by atoms with Gasteiger partial charge in [0.25, 0.3) is 0 Å². The van der Waals surface area contributed by atoms with Gasteiger partial charge < -0.3 is 19.5 Å². The summed E-state index contributed by atoms with van der Waals surface area (Å²) >= 11 is 0. The minimum absolute atomic E-state index is 0.134. The van der Waals surface area contributed by atoms with Crippen molar-refractivity contribution >= 4 is 11.8 Å². The van der Waals surface area contributed by atoms with Crippen LogP contribution in [0.2, 0.25) is 0 Å². The number of furan rings is 1. The maximum atomic E-state index is 12.1. The van der Waals surface area contributed by atoms with Crippen molar-refractivity contribution in [3.05, 3.63) is 48.0 Å². The van der Waals surface area contributed by atoms with E-state index in [4.69, 9.17) is 4.42 Å². The van der Waals surface area contributed by atoms with Gasteiger partial charge in [-0.1, -0.05) is 6.07 Å². The molecule has 23 heavy (non-hydrogen) atoms. The van der Waals surface area contributed by atoms with Crippen molar-refractivity contribution in [2.45, 2.75) is 25.9 Å². The normalized spacial score (nSPS) is 14.0. The average molecular weight is 314 g/mol. The SMILES string of the molecule is CN(Cc1ccco1)C(=O)NCc1ccc(N2CCCC2)nc1. The van der Waals surface area contributed by atoms with Crippen LogP contribution in [0.25, 0.3) is 0 Å². The molecule has 0 radical (unpaired) electrons. The molecule has 122 valence electrons. The maximum absolute atomic E-state index is 12.1. The summed E-state index contributed by atoms with van der Waals surface area (Å²) in [6.45, 7) is 3.08. The lowest BCUT2D eigenvalue weighted by Gasteiger charge is -2.18. The van der Waals surface area contributed by atoms with Crippen LogP contribution in [0.5, 0.6) is 0 Å². The molecular formula is C17H22N4O2. The largest absolute Gasteiger partial charge is 0.467 e. The molecule has 1 aliphatic heterocycles. The van der Waals surface area contributed by atoms with Crippen molar-refractivity contribution < 1.29 is 9.21 Å². The van der Waals surface area contributed by atoms with Crippen LogP contribution in [-0.2, 0) is 13.1 Å². The molecule has 0 aromatic carbocycles. The van der Waals surface area contributed by atoms with E-state index >= 15 is 0 Å². The lowest BCUT2D eigenvalue weighted by atomic mass is 10.3. The van der Waals surface area contributed by atoms with Crippen LogP contribution in [0.4, 0.5) is 10.6 Å². The van der Waals surface area contributed by atoms with Crippen LogP contribution in [-0.4, -0.2) is 36.1 Å². The van der Waals surface area contributed by atoms with E-state index in [9.17, 15) is 4.79 Å². The molecule has 3 heterocycles. The van der Waals surface area contributed by atoms with E-state index in [-0.39, 0.29) is 6.03 Å². The lowest BCUT2D eigenvalue weighted by Crippen LogP contribution is -2.36. The Labute approximate surface area is 136 Å². The monoisotopic (exact) mass is 314 g/mol. The first-order valence-electron chi connectivity index (χ1n) is 7.93. The maximum Gasteiger partial charge on any atom is 0.317 e. The second kappa shape index (κ2) is 7.17. The molecular weight excluding hydrogens is 292 g/mol. The number of hydrogen-bond acceptors (Lipinski definition) is 4. The Morgan fingerprint density at radius 3 is 2.83 bits per heavy atom. The number of carbonyl (C=O) groups is 1. The quantitative estimate of drug-likeness (QED) is 0.921. The highest BCUT2D eigenvalue weighted by atomic mass is 16.3. The molecule has 0 bridgehead atoms. The van der Waals surface area contributed by atoms with Crippen LogP contribution in [0, 0.1) is 0 Å². The van der Waals surface area contributed by atoms with Crippen LogP contribution in [0.3, 0.4) is 0 Å². The van der Waals surface area contributed by atoms with Crippen molar-refractivity contribution in [1.82, 2.24) is 15.2 Å². The molecule has 1 N–H and O–H groups in total. The number of rotatable bonds is 5. The molecule has 2 aromatic heterocycles. The van der Waals surface area contributed by atoms with Gasteiger partial charge in [0.1, 0.15) is 11.6 Å². The van der Waals surface area contributed by atoms with Gasteiger partial charge in [0.05, 0.1) is 12.8 Å². The first-order valence-corrected chi connectivity index (χ1v) is 7.93. The van der Waals surface area contributed by atoms with Crippen LogP contribution < -0.4 is 10.2 Å². The molecule has 0 saturated carbocycles. The zero-order chi connectivity index (χ0) is 16.1. The Kier molecular flexibility index (Phi) is 4.80. The molecule has 0 unspecified atom stereocenters. The standard InChI is InChI=1S/C17H22N4O2/c1-20(13-15-5-4-10-23-15)17(22)19-12-14-6-7-16(18-11-14)21-8-2-3-9-21/h4-7,10-11H,2-3,8-9,12-13H2,1H3,(H,19,22). The molecule has 6 nitrogen and oxygen atoms in total. The van der Waals surface area contributed by atoms with Gasteiger partial charge in [0.2, 0.25) is 0 Å². The Morgan fingerprint density at radius 2 is 2.17 bits per heavy atom. The molecule has 2 amide bonds. The third-order valence-corrected chi connectivity index (χ3v) is 4.00. The number of pyridine rings is 1. The third-order valence-electron chi connectivity index (χ3n) is 4.00. The van der Waals surface area contributed by atoms with Gasteiger partial charge in [-0.3, -0.25) is 0 Å². The molecule has 0 aliphatic carbocycles. The fourth-order valence-electron chi connectivity index (χ4n) is 2.68. The highest BCUT2D eigenvalue weighted by Crippen LogP contribution is 2.17. The van der Waals surface area contributed by atoms with E-state index < -0.39 is 0 Å². The minimum Gasteiger partial charge on any atom is -0.467 e. The predicted molar refractivity (Wildman–Crippen MR) is 88.1 cm³/mol. The van der Waals surface area contributed by atoms with Gasteiger partial charge in [-0.05, 0) is 36.6 Å². The summed E-state index contributed by atoms with van der Waals surface area (Å²) < 4.78 is 5.24. The van der Waals surface area contributed by atoms with E-state index in [0.717, 1.165) is 30.2 Å². The summed E-state index contributed by atoms with van der Waals surface area (Å²) in [6, 6.07) is 7.58. The van der Waals surface area contributed by atoms with Crippen LogP contribution in [0.1, 0.15) is 24.2 Å². The first kappa shape index (κ1) is 15.4. The summed E-state index contributed by atoms with van der Waals surface area (Å²) in [7, 11) is 1.74. The topological polar surface area (TPSA) is 61.6 Å². The van der Waals surface area contributed by atoms with Crippen molar-refractivity contribution in [1.29, 1.82) is 0 Å². The highest BCUT2D eigenvalue weighted by molar-refractivity contribution is 5.73. The van der Waals surface area contributed by atoms with Gasteiger partial charge in [-0.15, -0.1) is 0 Å². The van der Waals surface area contributed by atoms with Gasteiger partial charge in [-0.2, -0.15) is 0 Å². The smallest absolute Gasteiger partial charge is 0.317 e. The van der Waals surface area contributed by atoms with E-state index in [2.05, 4.69) is 15.2 Å². The summed E-state index contributed by atoms with van der Waals surface area (Å²) in [5, 5.41) is 2.89. The second-order valence-corrected chi connectivity index (χ2v) is 5.81. The summed E-state index contributed by atoms with van der Waals surface area (Å²) in [5.41, 5.74) is 0.993. The molecule has 2 aromatic rings. The Bertz CT molecular complexity index is 619. The zero-order valence-corrected chi connectivity index (χ0v) is 13.4. The molecule has 1 fully saturated rings. The van der Waals surface area contributed by atoms with Crippen molar-refractivity contribution in [2.24, 2.45) is 0 Å². The van der Waals surface area contributed by atoms with Crippen molar-refractivity contribution in [3.63, 3.8) is 0 Å². The minimum atomic E-state index is -0.134. The molecule has 0 atom stereocenters. The van der Waals surface area contributed by atoms with E-state index in [1.165, 1.54) is 12.8 Å². The van der Waals surface area contributed by atoms with E-state index in [1.54, 1.807) is 18.2 Å². The van der Waals surface area contributed by atoms with Gasteiger partial charge >= 0.3 is 6.03 Å². The zero-order valence-electron chi connectivity index (χ0n) is 13.4. The summed E-state index contributed by atoms with van der Waals surface area (Å²) in [4.78, 5) is 20.4. The lowest BCUT2D eigenvalue weighted by molar-refractivity contribution is 0.202. The number of carbonyl (C=O) groups excluding carboxylic acids is 1. The number of aromatic nitrogens is 1. The first-order chi connectivity index (χ1) is 11.2. The molecule has 0 spiro atoms. The summed E-state index contributed by atoms with van der Waals surface area (Å²) in [6.07, 6.45) is 5.91. The number of anilines is 1.